The van der Waals surface area contributed by atoms with Crippen molar-refractivity contribution in [2.45, 2.75) is 43.0 Å². The third kappa shape index (κ3) is 4.39. The number of likely N-dealkylation sites (tertiary alicyclic amines) is 1. The van der Waals surface area contributed by atoms with Crippen molar-refractivity contribution in [2.75, 3.05) is 20.1 Å². The SMILES string of the molecule is CC(C)c1ccc(CN2CCC(N(C)S(=O)(=O)c3ccc(Br)s3)C2)cc1. The van der Waals surface area contributed by atoms with Gasteiger partial charge in [0.25, 0.3) is 10.0 Å². The van der Waals surface area contributed by atoms with Gasteiger partial charge in [-0.2, -0.15) is 4.31 Å². The zero-order chi connectivity index (χ0) is 18.9. The van der Waals surface area contributed by atoms with E-state index in [1.54, 1.807) is 23.5 Å². The molecule has 1 aliphatic heterocycles. The Bertz CT molecular complexity index is 847. The van der Waals surface area contributed by atoms with E-state index >= 15 is 0 Å². The average molecular weight is 457 g/mol. The van der Waals surface area contributed by atoms with Gasteiger partial charge in [0, 0.05) is 32.7 Å². The molecule has 0 aliphatic carbocycles. The second kappa shape index (κ2) is 8.10. The van der Waals surface area contributed by atoms with Gasteiger partial charge in [0.15, 0.2) is 0 Å². The normalized spacial score (nSPS) is 18.9. The molecule has 1 saturated heterocycles. The maximum atomic E-state index is 12.8. The highest BCUT2D eigenvalue weighted by Crippen LogP contribution is 2.30. The number of rotatable bonds is 6. The Morgan fingerprint density at radius 1 is 1.23 bits per heavy atom. The Balaban J connectivity index is 1.62. The second-order valence-corrected chi connectivity index (χ2v) is 11.8. The summed E-state index contributed by atoms with van der Waals surface area (Å²) in [5, 5.41) is 0. The van der Waals surface area contributed by atoms with E-state index < -0.39 is 10.0 Å². The number of nitrogens with zero attached hydrogens (tertiary/aromatic N) is 2. The lowest BCUT2D eigenvalue weighted by Crippen LogP contribution is -2.38. The number of benzene rings is 1. The van der Waals surface area contributed by atoms with Gasteiger partial charge < -0.3 is 0 Å². The fraction of sp³-hybridized carbons (Fsp3) is 0.474. The minimum atomic E-state index is -3.42. The monoisotopic (exact) mass is 456 g/mol. The number of likely N-dealkylation sites (N-methyl/N-ethyl adjacent to an activating group) is 1. The molecule has 1 aliphatic rings. The van der Waals surface area contributed by atoms with Gasteiger partial charge in [-0.3, -0.25) is 4.90 Å². The summed E-state index contributed by atoms with van der Waals surface area (Å²) in [6, 6.07) is 12.2. The summed E-state index contributed by atoms with van der Waals surface area (Å²) in [6.45, 7) is 6.96. The third-order valence-electron chi connectivity index (χ3n) is 5.00. The molecular weight excluding hydrogens is 432 g/mol. The molecule has 2 aromatic rings. The summed E-state index contributed by atoms with van der Waals surface area (Å²) < 4.78 is 28.4. The third-order valence-corrected chi connectivity index (χ3v) is 9.00. The summed E-state index contributed by atoms with van der Waals surface area (Å²) in [6.07, 6.45) is 0.867. The molecule has 0 spiro atoms. The molecule has 1 aromatic carbocycles. The maximum absolute atomic E-state index is 12.8. The largest absolute Gasteiger partial charge is 0.297 e. The molecule has 4 nitrogen and oxygen atoms in total. The molecule has 1 aromatic heterocycles. The minimum Gasteiger partial charge on any atom is -0.297 e. The highest BCUT2D eigenvalue weighted by Gasteiger charge is 2.33. The molecule has 7 heteroatoms. The standard InChI is InChI=1S/C19H25BrN2O2S2/c1-14(2)16-6-4-15(5-7-16)12-22-11-10-17(13-22)21(3)26(23,24)19-9-8-18(20)25-19/h4-9,14,17H,10-13H2,1-3H3. The van der Waals surface area contributed by atoms with Crippen LogP contribution in [0, 0.1) is 0 Å². The lowest BCUT2D eigenvalue weighted by molar-refractivity contribution is 0.298. The smallest absolute Gasteiger partial charge is 0.252 e. The van der Waals surface area contributed by atoms with E-state index in [1.165, 1.54) is 22.5 Å². The fourth-order valence-electron chi connectivity index (χ4n) is 3.29. The van der Waals surface area contributed by atoms with Crippen molar-refractivity contribution in [3.8, 4) is 0 Å². The Morgan fingerprint density at radius 3 is 2.50 bits per heavy atom. The topological polar surface area (TPSA) is 40.6 Å². The highest BCUT2D eigenvalue weighted by atomic mass is 79.9. The van der Waals surface area contributed by atoms with E-state index in [4.69, 9.17) is 0 Å². The van der Waals surface area contributed by atoms with E-state index in [9.17, 15) is 8.42 Å². The van der Waals surface area contributed by atoms with Crippen LogP contribution in [0.2, 0.25) is 0 Å². The molecule has 2 heterocycles. The zero-order valence-corrected chi connectivity index (χ0v) is 18.6. The Kier molecular flexibility index (Phi) is 6.24. The Morgan fingerprint density at radius 2 is 1.92 bits per heavy atom. The predicted octanol–water partition coefficient (Wildman–Crippen LogP) is 4.53. The molecular formula is C19H25BrN2O2S2. The first-order valence-electron chi connectivity index (χ1n) is 8.82. The average Bonchev–Trinajstić information content (AvgIpc) is 3.24. The van der Waals surface area contributed by atoms with Crippen LogP contribution in [-0.2, 0) is 16.6 Å². The van der Waals surface area contributed by atoms with Gasteiger partial charge in [-0.05, 0) is 51.5 Å². The van der Waals surface area contributed by atoms with Gasteiger partial charge >= 0.3 is 0 Å². The van der Waals surface area contributed by atoms with Crippen LogP contribution >= 0.6 is 27.3 Å². The van der Waals surface area contributed by atoms with Crippen LogP contribution in [0.4, 0.5) is 0 Å². The van der Waals surface area contributed by atoms with Gasteiger partial charge in [-0.15, -0.1) is 11.3 Å². The molecule has 142 valence electrons. The summed E-state index contributed by atoms with van der Waals surface area (Å²) in [5.41, 5.74) is 2.63. The first-order valence-corrected chi connectivity index (χ1v) is 11.9. The molecule has 0 radical (unpaired) electrons. The Hall–Kier alpha value is -0.730. The Labute approximate surface area is 169 Å². The molecule has 1 fully saturated rings. The molecule has 0 saturated carbocycles. The number of halogens is 1. The summed E-state index contributed by atoms with van der Waals surface area (Å²) in [5.74, 6) is 0.538. The lowest BCUT2D eigenvalue weighted by atomic mass is 10.0. The summed E-state index contributed by atoms with van der Waals surface area (Å²) >= 11 is 4.61. The summed E-state index contributed by atoms with van der Waals surface area (Å²) in [7, 11) is -1.71. The van der Waals surface area contributed by atoms with Crippen molar-refractivity contribution in [3.63, 3.8) is 0 Å². The van der Waals surface area contributed by atoms with Gasteiger partial charge in [-0.25, -0.2) is 8.42 Å². The van der Waals surface area contributed by atoms with Gasteiger partial charge in [0.05, 0.1) is 3.79 Å². The quantitative estimate of drug-likeness (QED) is 0.640. The fourth-order valence-corrected chi connectivity index (χ4v) is 6.87. The van der Waals surface area contributed by atoms with Crippen molar-refractivity contribution in [3.05, 3.63) is 51.3 Å². The molecule has 0 amide bonds. The minimum absolute atomic E-state index is 0.0239. The van der Waals surface area contributed by atoms with E-state index in [2.05, 4.69) is 58.9 Å². The highest BCUT2D eigenvalue weighted by molar-refractivity contribution is 9.11. The van der Waals surface area contributed by atoms with Crippen LogP contribution < -0.4 is 0 Å². The lowest BCUT2D eigenvalue weighted by Gasteiger charge is -2.23. The van der Waals surface area contributed by atoms with Crippen LogP contribution in [0.3, 0.4) is 0 Å². The van der Waals surface area contributed by atoms with Crippen molar-refractivity contribution >= 4 is 37.3 Å². The molecule has 0 N–H and O–H groups in total. The van der Waals surface area contributed by atoms with E-state index in [0.717, 1.165) is 29.8 Å². The summed E-state index contributed by atoms with van der Waals surface area (Å²) in [4.78, 5) is 2.34. The number of hydrogen-bond donors (Lipinski definition) is 0. The first kappa shape index (κ1) is 20.0. The van der Waals surface area contributed by atoms with Crippen LogP contribution in [0.15, 0.2) is 44.4 Å². The molecule has 3 rings (SSSR count). The molecule has 1 unspecified atom stereocenters. The zero-order valence-electron chi connectivity index (χ0n) is 15.4. The van der Waals surface area contributed by atoms with E-state index in [1.807, 2.05) is 0 Å². The van der Waals surface area contributed by atoms with Crippen molar-refractivity contribution < 1.29 is 8.42 Å². The van der Waals surface area contributed by atoms with Crippen LogP contribution in [0.1, 0.15) is 37.3 Å². The second-order valence-electron chi connectivity index (χ2n) is 7.15. The van der Waals surface area contributed by atoms with E-state index in [0.29, 0.717) is 10.1 Å². The number of thiophene rings is 1. The van der Waals surface area contributed by atoms with Crippen LogP contribution in [0.5, 0.6) is 0 Å². The predicted molar refractivity (Wildman–Crippen MR) is 111 cm³/mol. The van der Waals surface area contributed by atoms with Crippen LogP contribution in [0.25, 0.3) is 0 Å². The molecule has 1 atom stereocenters. The maximum Gasteiger partial charge on any atom is 0.252 e. The van der Waals surface area contributed by atoms with Gasteiger partial charge in [0.2, 0.25) is 0 Å². The van der Waals surface area contributed by atoms with Crippen molar-refractivity contribution in [1.29, 1.82) is 0 Å². The van der Waals surface area contributed by atoms with E-state index in [-0.39, 0.29) is 6.04 Å². The molecule has 26 heavy (non-hydrogen) atoms. The number of sulfonamides is 1. The van der Waals surface area contributed by atoms with Crippen LogP contribution in [-0.4, -0.2) is 43.8 Å². The number of hydrogen-bond acceptors (Lipinski definition) is 4. The van der Waals surface area contributed by atoms with Gasteiger partial charge in [0.1, 0.15) is 4.21 Å². The van der Waals surface area contributed by atoms with Crippen molar-refractivity contribution in [2.24, 2.45) is 0 Å². The van der Waals surface area contributed by atoms with Gasteiger partial charge in [-0.1, -0.05) is 38.1 Å². The molecule has 0 bridgehead atoms. The van der Waals surface area contributed by atoms with Crippen molar-refractivity contribution in [1.82, 2.24) is 9.21 Å². The first-order chi connectivity index (χ1) is 12.3.